The maximum Gasteiger partial charge on any atom is 0.0615 e. The van der Waals surface area contributed by atoms with E-state index in [1.807, 2.05) is 0 Å². The largest absolute Gasteiger partial charge is 0.383 e. The van der Waals surface area contributed by atoms with E-state index in [4.69, 9.17) is 4.74 Å². The number of benzene rings is 1. The van der Waals surface area contributed by atoms with Crippen LogP contribution in [0.25, 0.3) is 0 Å². The van der Waals surface area contributed by atoms with Crippen molar-refractivity contribution in [3.05, 3.63) is 35.4 Å². The molecule has 0 bridgehead atoms. The third kappa shape index (κ3) is 5.61. The lowest BCUT2D eigenvalue weighted by Crippen LogP contribution is -2.39. The van der Waals surface area contributed by atoms with Crippen molar-refractivity contribution in [3.8, 4) is 0 Å². The molecule has 0 saturated carbocycles. The van der Waals surface area contributed by atoms with Crippen LogP contribution in [0.1, 0.15) is 37.4 Å². The van der Waals surface area contributed by atoms with Gasteiger partial charge in [-0.05, 0) is 39.4 Å². The fraction of sp³-hybridized carbons (Fsp3) is 0.647. The smallest absolute Gasteiger partial charge is 0.0615 e. The fourth-order valence-electron chi connectivity index (χ4n) is 2.24. The monoisotopic (exact) mass is 278 g/mol. The molecule has 114 valence electrons. The van der Waals surface area contributed by atoms with Gasteiger partial charge in [-0.3, -0.25) is 4.90 Å². The van der Waals surface area contributed by atoms with E-state index in [1.165, 1.54) is 11.1 Å². The molecule has 0 amide bonds. The van der Waals surface area contributed by atoms with Crippen LogP contribution in [0.2, 0.25) is 0 Å². The summed E-state index contributed by atoms with van der Waals surface area (Å²) in [6.07, 6.45) is 1.15. The Bertz CT molecular complexity index is 364. The van der Waals surface area contributed by atoms with Crippen LogP contribution in [0.15, 0.2) is 24.3 Å². The maximum absolute atomic E-state index is 5.25. The molecule has 0 fully saturated rings. The van der Waals surface area contributed by atoms with Crippen molar-refractivity contribution in [1.82, 2.24) is 10.2 Å². The molecular formula is C17H30N2O. The maximum atomic E-state index is 5.25. The molecule has 0 aliphatic rings. The second kappa shape index (κ2) is 9.11. The normalized spacial score (nSPS) is 14.5. The predicted octanol–water partition coefficient (Wildman–Crippen LogP) is 3.00. The Morgan fingerprint density at radius 3 is 2.45 bits per heavy atom. The fourth-order valence-corrected chi connectivity index (χ4v) is 2.24. The van der Waals surface area contributed by atoms with E-state index in [0.29, 0.717) is 12.1 Å². The number of hydrogen-bond donors (Lipinski definition) is 1. The summed E-state index contributed by atoms with van der Waals surface area (Å²) >= 11 is 0. The van der Waals surface area contributed by atoms with Crippen molar-refractivity contribution < 1.29 is 4.74 Å². The van der Waals surface area contributed by atoms with Crippen LogP contribution in [0.3, 0.4) is 0 Å². The Morgan fingerprint density at radius 1 is 1.25 bits per heavy atom. The van der Waals surface area contributed by atoms with Gasteiger partial charge < -0.3 is 10.1 Å². The molecule has 0 saturated heterocycles. The Labute approximate surface area is 124 Å². The van der Waals surface area contributed by atoms with Crippen LogP contribution in [0, 0.1) is 6.92 Å². The highest BCUT2D eigenvalue weighted by molar-refractivity contribution is 5.24. The molecular weight excluding hydrogens is 248 g/mol. The van der Waals surface area contributed by atoms with Crippen LogP contribution < -0.4 is 5.32 Å². The minimum Gasteiger partial charge on any atom is -0.383 e. The van der Waals surface area contributed by atoms with Gasteiger partial charge in [-0.25, -0.2) is 0 Å². The van der Waals surface area contributed by atoms with Crippen LogP contribution in [-0.2, 0) is 4.74 Å². The van der Waals surface area contributed by atoms with Gasteiger partial charge in [-0.15, -0.1) is 0 Å². The molecule has 1 N–H and O–H groups in total. The minimum absolute atomic E-state index is 0.375. The number of ether oxygens (including phenoxy) is 1. The molecule has 2 atom stereocenters. The van der Waals surface area contributed by atoms with Gasteiger partial charge in [0.05, 0.1) is 6.61 Å². The highest BCUT2D eigenvalue weighted by Gasteiger charge is 2.16. The number of rotatable bonds is 9. The number of aryl methyl sites for hydroxylation is 1. The number of likely N-dealkylation sites (N-methyl/N-ethyl adjacent to an activating group) is 1. The number of nitrogens with one attached hydrogen (secondary N) is 1. The topological polar surface area (TPSA) is 24.5 Å². The molecule has 1 aromatic rings. The van der Waals surface area contributed by atoms with Gasteiger partial charge in [0.2, 0.25) is 0 Å². The van der Waals surface area contributed by atoms with Crippen molar-refractivity contribution >= 4 is 0 Å². The summed E-state index contributed by atoms with van der Waals surface area (Å²) in [5.74, 6) is 0. The molecule has 0 radical (unpaired) electrons. The van der Waals surface area contributed by atoms with Crippen LogP contribution in [0.4, 0.5) is 0 Å². The van der Waals surface area contributed by atoms with Gasteiger partial charge in [-0.1, -0.05) is 36.8 Å². The van der Waals surface area contributed by atoms with Crippen molar-refractivity contribution in [2.45, 2.75) is 39.3 Å². The average molecular weight is 278 g/mol. The summed E-state index contributed by atoms with van der Waals surface area (Å²) in [5, 5.41) is 3.65. The molecule has 1 aromatic carbocycles. The van der Waals surface area contributed by atoms with E-state index < -0.39 is 0 Å². The summed E-state index contributed by atoms with van der Waals surface area (Å²) in [5.41, 5.74) is 2.67. The van der Waals surface area contributed by atoms with E-state index in [-0.39, 0.29) is 0 Å². The lowest BCUT2D eigenvalue weighted by Gasteiger charge is -2.29. The summed E-state index contributed by atoms with van der Waals surface area (Å²) in [6, 6.07) is 9.65. The minimum atomic E-state index is 0.375. The Hall–Kier alpha value is -0.900. The Kier molecular flexibility index (Phi) is 7.82. The zero-order valence-corrected chi connectivity index (χ0v) is 13.6. The van der Waals surface area contributed by atoms with Crippen LogP contribution in [-0.4, -0.2) is 44.8 Å². The van der Waals surface area contributed by atoms with Gasteiger partial charge in [0.1, 0.15) is 0 Å². The van der Waals surface area contributed by atoms with Crippen molar-refractivity contribution in [2.24, 2.45) is 0 Å². The third-order valence-corrected chi connectivity index (χ3v) is 3.75. The van der Waals surface area contributed by atoms with E-state index in [9.17, 15) is 0 Å². The van der Waals surface area contributed by atoms with Crippen molar-refractivity contribution in [3.63, 3.8) is 0 Å². The molecule has 0 aliphatic carbocycles. The van der Waals surface area contributed by atoms with Gasteiger partial charge in [0, 0.05) is 25.7 Å². The first-order chi connectivity index (χ1) is 9.58. The Morgan fingerprint density at radius 2 is 1.90 bits per heavy atom. The first-order valence-corrected chi connectivity index (χ1v) is 7.57. The second-order valence-corrected chi connectivity index (χ2v) is 5.66. The molecule has 1 rings (SSSR count). The second-order valence-electron chi connectivity index (χ2n) is 5.66. The average Bonchev–Trinajstić information content (AvgIpc) is 2.44. The molecule has 20 heavy (non-hydrogen) atoms. The highest BCUT2D eigenvalue weighted by atomic mass is 16.5. The lowest BCUT2D eigenvalue weighted by atomic mass is 10.0. The van der Waals surface area contributed by atoms with Gasteiger partial charge in [0.25, 0.3) is 0 Å². The van der Waals surface area contributed by atoms with E-state index >= 15 is 0 Å². The molecule has 0 aromatic heterocycles. The molecule has 3 heteroatoms. The Balaban J connectivity index is 2.70. The van der Waals surface area contributed by atoms with Gasteiger partial charge >= 0.3 is 0 Å². The van der Waals surface area contributed by atoms with Crippen molar-refractivity contribution in [1.29, 1.82) is 0 Å². The molecule has 2 unspecified atom stereocenters. The van der Waals surface area contributed by atoms with Crippen LogP contribution >= 0.6 is 0 Å². The van der Waals surface area contributed by atoms with E-state index in [0.717, 1.165) is 26.1 Å². The summed E-state index contributed by atoms with van der Waals surface area (Å²) < 4.78 is 5.25. The van der Waals surface area contributed by atoms with Crippen molar-refractivity contribution in [2.75, 3.05) is 33.9 Å². The lowest BCUT2D eigenvalue weighted by molar-refractivity contribution is 0.109. The number of hydrogen-bond acceptors (Lipinski definition) is 3. The standard InChI is InChI=1S/C17H30N2O/c1-6-11-18-17(12-19(4)15(3)13-20-5)16-9-7-14(2)8-10-16/h7-10,15,17-18H,6,11-13H2,1-5H3. The van der Waals surface area contributed by atoms with E-state index in [2.05, 4.69) is 62.3 Å². The molecule has 3 nitrogen and oxygen atoms in total. The summed E-state index contributed by atoms with van der Waals surface area (Å²) in [7, 11) is 3.93. The first kappa shape index (κ1) is 17.2. The molecule has 0 spiro atoms. The SMILES string of the molecule is CCCNC(CN(C)C(C)COC)c1ccc(C)cc1. The van der Waals surface area contributed by atoms with E-state index in [1.54, 1.807) is 7.11 Å². The summed E-state index contributed by atoms with van der Waals surface area (Å²) in [4.78, 5) is 2.36. The molecule has 0 heterocycles. The number of methoxy groups -OCH3 is 1. The van der Waals surface area contributed by atoms with Crippen LogP contribution in [0.5, 0.6) is 0 Å². The third-order valence-electron chi connectivity index (χ3n) is 3.75. The molecule has 0 aliphatic heterocycles. The first-order valence-electron chi connectivity index (χ1n) is 7.57. The zero-order valence-electron chi connectivity index (χ0n) is 13.6. The van der Waals surface area contributed by atoms with Gasteiger partial charge in [0.15, 0.2) is 0 Å². The summed E-state index contributed by atoms with van der Waals surface area (Å²) in [6.45, 7) is 9.35. The predicted molar refractivity (Wildman–Crippen MR) is 86.2 cm³/mol. The zero-order chi connectivity index (χ0) is 15.0. The quantitative estimate of drug-likeness (QED) is 0.751. The number of nitrogens with zero attached hydrogens (tertiary/aromatic N) is 1. The van der Waals surface area contributed by atoms with Gasteiger partial charge in [-0.2, -0.15) is 0 Å². The highest BCUT2D eigenvalue weighted by Crippen LogP contribution is 2.16.